The van der Waals surface area contributed by atoms with Gasteiger partial charge < -0.3 is 25.0 Å². The quantitative estimate of drug-likeness (QED) is 0.400. The number of aromatic hydroxyl groups is 1. The smallest absolute Gasteiger partial charge is 0.339 e. The maximum atomic E-state index is 12.7. The minimum Gasteiger partial charge on any atom is -0.507 e. The Labute approximate surface area is 198 Å². The summed E-state index contributed by atoms with van der Waals surface area (Å²) < 4.78 is 11.0. The highest BCUT2D eigenvalue weighted by atomic mass is 32.2. The van der Waals surface area contributed by atoms with Gasteiger partial charge in [0, 0.05) is 24.7 Å². The molecule has 2 heterocycles. The zero-order chi connectivity index (χ0) is 23.5. The van der Waals surface area contributed by atoms with Gasteiger partial charge in [-0.15, -0.1) is 0 Å². The highest BCUT2D eigenvalue weighted by Crippen LogP contribution is 2.34. The zero-order valence-electron chi connectivity index (χ0n) is 17.1. The highest BCUT2D eigenvalue weighted by Gasteiger charge is 2.32. The number of carboxylic acids is 1. The molecule has 9 nitrogen and oxygen atoms in total. The number of rotatable bonds is 7. The van der Waals surface area contributed by atoms with E-state index in [2.05, 4.69) is 5.32 Å². The van der Waals surface area contributed by atoms with Gasteiger partial charge in [0.25, 0.3) is 5.91 Å². The number of hydrogen-bond donors (Lipinski definition) is 3. The molecule has 2 amide bonds. The highest BCUT2D eigenvalue weighted by molar-refractivity contribution is 8.26. The van der Waals surface area contributed by atoms with Crippen LogP contribution < -0.4 is 14.8 Å². The minimum absolute atomic E-state index is 0.0245. The number of phenols is 1. The summed E-state index contributed by atoms with van der Waals surface area (Å²) in [5.41, 5.74) is 0.940. The molecule has 2 aliphatic rings. The van der Waals surface area contributed by atoms with Crippen LogP contribution in [0.3, 0.4) is 0 Å². The summed E-state index contributed by atoms with van der Waals surface area (Å²) in [6.07, 6.45) is 2.28. The number of thiocarbonyl (C=S) groups is 1. The van der Waals surface area contributed by atoms with E-state index in [4.69, 9.17) is 26.8 Å². The van der Waals surface area contributed by atoms with Crippen molar-refractivity contribution in [3.8, 4) is 17.2 Å². The predicted octanol–water partition coefficient (Wildman–Crippen LogP) is 3.13. The number of benzene rings is 2. The first kappa shape index (κ1) is 22.6. The number of thioether (sulfide) groups is 1. The molecule has 4 rings (SSSR count). The summed E-state index contributed by atoms with van der Waals surface area (Å²) in [6.45, 7) is 0.289. The molecule has 0 aliphatic carbocycles. The van der Waals surface area contributed by atoms with Gasteiger partial charge in [0.1, 0.15) is 15.6 Å². The van der Waals surface area contributed by atoms with E-state index in [9.17, 15) is 19.5 Å². The predicted molar refractivity (Wildman–Crippen MR) is 125 cm³/mol. The monoisotopic (exact) mass is 486 g/mol. The number of anilines is 1. The Morgan fingerprint density at radius 3 is 2.73 bits per heavy atom. The molecule has 0 radical (unpaired) electrons. The second-order valence-electron chi connectivity index (χ2n) is 7.12. The van der Waals surface area contributed by atoms with Crippen LogP contribution in [0.25, 0.3) is 0 Å². The van der Waals surface area contributed by atoms with E-state index in [0.29, 0.717) is 27.1 Å². The number of fused-ring (bicyclic) bond motifs is 1. The lowest BCUT2D eigenvalue weighted by Gasteiger charge is -2.14. The van der Waals surface area contributed by atoms with Crippen LogP contribution >= 0.6 is 24.0 Å². The lowest BCUT2D eigenvalue weighted by molar-refractivity contribution is -0.122. The second-order valence-corrected chi connectivity index (χ2v) is 8.80. The van der Waals surface area contributed by atoms with Gasteiger partial charge in [-0.2, -0.15) is 0 Å². The molecule has 0 aromatic heterocycles. The van der Waals surface area contributed by atoms with Gasteiger partial charge >= 0.3 is 5.97 Å². The molecule has 0 saturated carbocycles. The van der Waals surface area contributed by atoms with Crippen molar-refractivity contribution in [1.82, 2.24) is 4.90 Å². The number of nitrogens with zero attached hydrogens (tertiary/aromatic N) is 1. The summed E-state index contributed by atoms with van der Waals surface area (Å²) in [4.78, 5) is 37.8. The summed E-state index contributed by atoms with van der Waals surface area (Å²) >= 11 is 6.48. The molecule has 0 unspecified atom stereocenters. The van der Waals surface area contributed by atoms with Crippen LogP contribution in [0.15, 0.2) is 47.4 Å². The molecule has 33 heavy (non-hydrogen) atoms. The molecule has 1 fully saturated rings. The van der Waals surface area contributed by atoms with Gasteiger partial charge in [0.15, 0.2) is 11.5 Å². The van der Waals surface area contributed by atoms with Crippen LogP contribution in [0.5, 0.6) is 17.2 Å². The van der Waals surface area contributed by atoms with Crippen molar-refractivity contribution in [1.29, 1.82) is 0 Å². The Morgan fingerprint density at radius 2 is 1.97 bits per heavy atom. The molecule has 2 aliphatic heterocycles. The Kier molecular flexibility index (Phi) is 6.52. The first-order valence-electron chi connectivity index (χ1n) is 9.80. The van der Waals surface area contributed by atoms with Crippen molar-refractivity contribution in [3.05, 3.63) is 58.5 Å². The molecule has 2 aromatic carbocycles. The van der Waals surface area contributed by atoms with Gasteiger partial charge in [-0.1, -0.05) is 36.1 Å². The van der Waals surface area contributed by atoms with Crippen LogP contribution in [0.4, 0.5) is 5.69 Å². The normalized spacial score (nSPS) is 15.9. The summed E-state index contributed by atoms with van der Waals surface area (Å²) in [5, 5.41) is 21.2. The zero-order valence-corrected chi connectivity index (χ0v) is 18.7. The van der Waals surface area contributed by atoms with Crippen LogP contribution in [0.1, 0.15) is 22.3 Å². The van der Waals surface area contributed by atoms with Crippen molar-refractivity contribution in [2.75, 3.05) is 18.7 Å². The molecule has 11 heteroatoms. The maximum absolute atomic E-state index is 12.7. The van der Waals surface area contributed by atoms with Gasteiger partial charge in [-0.25, -0.2) is 4.79 Å². The molecule has 0 bridgehead atoms. The van der Waals surface area contributed by atoms with Crippen molar-refractivity contribution in [3.63, 3.8) is 0 Å². The summed E-state index contributed by atoms with van der Waals surface area (Å²) in [7, 11) is 0. The first-order chi connectivity index (χ1) is 15.8. The number of aromatic carboxylic acids is 1. The van der Waals surface area contributed by atoms with E-state index >= 15 is 0 Å². The number of nitrogens with one attached hydrogen (secondary N) is 1. The minimum atomic E-state index is -1.27. The van der Waals surface area contributed by atoms with Crippen molar-refractivity contribution < 1.29 is 34.1 Å². The summed E-state index contributed by atoms with van der Waals surface area (Å²) in [5.74, 6) is -1.03. The average Bonchev–Trinajstić information content (AvgIpc) is 3.34. The fourth-order valence-electron chi connectivity index (χ4n) is 3.24. The molecular formula is C22H18N2O7S2. The summed E-state index contributed by atoms with van der Waals surface area (Å²) in [6, 6.07) is 9.31. The van der Waals surface area contributed by atoms with E-state index in [1.807, 2.05) is 18.2 Å². The van der Waals surface area contributed by atoms with E-state index in [-0.39, 0.29) is 36.9 Å². The fraction of sp³-hybridized carbons (Fsp3) is 0.182. The Bertz CT molecular complexity index is 1200. The average molecular weight is 487 g/mol. The van der Waals surface area contributed by atoms with E-state index < -0.39 is 17.6 Å². The second kappa shape index (κ2) is 9.51. The lowest BCUT2D eigenvalue weighted by Crippen LogP contribution is -2.31. The van der Waals surface area contributed by atoms with Crippen LogP contribution in [-0.4, -0.2) is 50.6 Å². The molecule has 1 saturated heterocycles. The number of ether oxygens (including phenoxy) is 2. The topological polar surface area (TPSA) is 125 Å². The molecule has 2 aromatic rings. The van der Waals surface area contributed by atoms with Crippen LogP contribution in [0.2, 0.25) is 0 Å². The lowest BCUT2D eigenvalue weighted by atomic mass is 10.1. The number of carboxylic acid groups (broad SMARTS) is 1. The van der Waals surface area contributed by atoms with Crippen molar-refractivity contribution in [2.45, 2.75) is 12.8 Å². The van der Waals surface area contributed by atoms with Crippen LogP contribution in [0, 0.1) is 0 Å². The van der Waals surface area contributed by atoms with Crippen LogP contribution in [-0.2, 0) is 16.0 Å². The largest absolute Gasteiger partial charge is 0.507 e. The third-order valence-corrected chi connectivity index (χ3v) is 6.33. The fourth-order valence-corrected chi connectivity index (χ4v) is 4.52. The van der Waals surface area contributed by atoms with Gasteiger partial charge in [0.2, 0.25) is 12.7 Å². The Morgan fingerprint density at radius 1 is 1.18 bits per heavy atom. The Balaban J connectivity index is 1.32. The molecule has 170 valence electrons. The first-order valence-corrected chi connectivity index (χ1v) is 11.0. The van der Waals surface area contributed by atoms with E-state index in [1.54, 1.807) is 6.08 Å². The third-order valence-electron chi connectivity index (χ3n) is 4.91. The van der Waals surface area contributed by atoms with Gasteiger partial charge in [0.05, 0.1) is 4.91 Å². The standard InChI is InChI=1S/C22H18N2O7S2/c25-15-10-13(3-4-14(15)21(28)29)23-19(26)7-8-24-20(27)18(33-22(24)32)6-2-12-1-5-16-17(9-12)31-11-30-16/h1,3-6,9-10,25H,2,7-8,11H2,(H,23,26)(H,28,29)/b18-6-. The molecule has 0 spiro atoms. The van der Waals surface area contributed by atoms with Gasteiger partial charge in [-0.3, -0.25) is 14.5 Å². The molecule has 3 N–H and O–H groups in total. The van der Waals surface area contributed by atoms with Gasteiger partial charge in [-0.05, 0) is 36.2 Å². The number of carbonyl (C=O) groups is 3. The van der Waals surface area contributed by atoms with Crippen molar-refractivity contribution in [2.24, 2.45) is 0 Å². The van der Waals surface area contributed by atoms with E-state index in [0.717, 1.165) is 11.6 Å². The van der Waals surface area contributed by atoms with E-state index in [1.165, 1.54) is 28.8 Å². The SMILES string of the molecule is O=C(CCN1C(=O)/C(=C/Cc2ccc3c(c2)OCO3)SC1=S)Nc1ccc(C(=O)O)c(O)c1. The number of carbonyl (C=O) groups excluding carboxylic acids is 2. The van der Waals surface area contributed by atoms with Crippen molar-refractivity contribution >= 4 is 51.8 Å². The Hall–Kier alpha value is -3.57. The molecular weight excluding hydrogens is 468 g/mol. The number of amides is 2. The number of allylic oxidation sites excluding steroid dienone is 1. The number of hydrogen-bond acceptors (Lipinski definition) is 8. The molecule has 0 atom stereocenters. The third kappa shape index (κ3) is 5.10. The maximum Gasteiger partial charge on any atom is 0.339 e.